The number of amides is 2. The highest BCUT2D eigenvalue weighted by Crippen LogP contribution is 2.31. The topological polar surface area (TPSA) is 58.6 Å². The van der Waals surface area contributed by atoms with Crippen LogP contribution in [0.15, 0.2) is 42.5 Å². The molecule has 0 unspecified atom stereocenters. The molecule has 0 saturated heterocycles. The fraction of sp³-hybridized carbons (Fsp3) is 0.481. The molecule has 5 nitrogen and oxygen atoms in total. The highest BCUT2D eigenvalue weighted by atomic mass is 35.5. The second-order valence-corrected chi connectivity index (χ2v) is 10.6. The van der Waals surface area contributed by atoms with Crippen LogP contribution >= 0.6 is 23.2 Å². The molecule has 1 N–H and O–H groups in total. The van der Waals surface area contributed by atoms with Crippen molar-refractivity contribution in [2.75, 3.05) is 13.2 Å². The number of carbonyl (C=O) groups excluding carboxylic acids is 2. The molecule has 34 heavy (non-hydrogen) atoms. The molecule has 186 valence electrons. The zero-order chi connectivity index (χ0) is 25.5. The molecule has 2 aromatic carbocycles. The van der Waals surface area contributed by atoms with Crippen LogP contribution in [0.1, 0.15) is 59.1 Å². The summed E-state index contributed by atoms with van der Waals surface area (Å²) in [6, 6.07) is 12.2. The maximum atomic E-state index is 13.5. The Labute approximate surface area is 213 Å². The Kier molecular flexibility index (Phi) is 10.3. The summed E-state index contributed by atoms with van der Waals surface area (Å²) in [5.74, 6) is 0.422. The standard InChI is InChI=1S/C27H36Cl2N2O3/c1-7-23(26(33)30-15-18(2)3)31(16-19-21(28)12-10-13-22(19)29)25(32)17-34-24-14-9-8-11-20(24)27(4,5)6/h8-14,18,23H,7,15-17H2,1-6H3,(H,30,33)/t23-/m0/s1. The van der Waals surface area contributed by atoms with Gasteiger partial charge in [0, 0.05) is 28.7 Å². The SMILES string of the molecule is CC[C@@H](C(=O)NCC(C)C)N(Cc1c(Cl)cccc1Cl)C(=O)COc1ccccc1C(C)(C)C. The molecule has 0 fully saturated rings. The Balaban J connectivity index is 2.33. The van der Waals surface area contributed by atoms with Gasteiger partial charge < -0.3 is 15.0 Å². The summed E-state index contributed by atoms with van der Waals surface area (Å²) in [4.78, 5) is 28.0. The van der Waals surface area contributed by atoms with Gasteiger partial charge in [-0.1, -0.05) is 89.0 Å². The number of hydrogen-bond donors (Lipinski definition) is 1. The van der Waals surface area contributed by atoms with Crippen molar-refractivity contribution in [3.8, 4) is 5.75 Å². The molecule has 1 atom stereocenters. The summed E-state index contributed by atoms with van der Waals surface area (Å²) < 4.78 is 5.99. The molecular formula is C27H36Cl2N2O3. The van der Waals surface area contributed by atoms with Crippen molar-refractivity contribution in [1.29, 1.82) is 0 Å². The second-order valence-electron chi connectivity index (χ2n) is 9.82. The Morgan fingerprint density at radius 2 is 1.65 bits per heavy atom. The normalized spacial score (nSPS) is 12.4. The summed E-state index contributed by atoms with van der Waals surface area (Å²) in [5, 5.41) is 3.84. The third-order valence-corrected chi connectivity index (χ3v) is 6.22. The number of rotatable bonds is 10. The maximum absolute atomic E-state index is 13.5. The first-order valence-corrected chi connectivity index (χ1v) is 12.4. The minimum Gasteiger partial charge on any atom is -0.483 e. The van der Waals surface area contributed by atoms with E-state index >= 15 is 0 Å². The van der Waals surface area contributed by atoms with E-state index in [2.05, 4.69) is 26.1 Å². The number of halogens is 2. The Bertz CT molecular complexity index is 966. The maximum Gasteiger partial charge on any atom is 0.261 e. The van der Waals surface area contributed by atoms with Gasteiger partial charge in [0.25, 0.3) is 5.91 Å². The lowest BCUT2D eigenvalue weighted by molar-refractivity contribution is -0.143. The van der Waals surface area contributed by atoms with E-state index in [0.717, 1.165) is 5.56 Å². The lowest BCUT2D eigenvalue weighted by Gasteiger charge is -2.31. The molecule has 0 spiro atoms. The van der Waals surface area contributed by atoms with Crippen LogP contribution in [0.3, 0.4) is 0 Å². The van der Waals surface area contributed by atoms with Gasteiger partial charge in [-0.15, -0.1) is 0 Å². The van der Waals surface area contributed by atoms with E-state index in [1.165, 1.54) is 4.90 Å². The lowest BCUT2D eigenvalue weighted by Crippen LogP contribution is -2.50. The lowest BCUT2D eigenvalue weighted by atomic mass is 9.86. The Morgan fingerprint density at radius 1 is 1.03 bits per heavy atom. The first-order valence-electron chi connectivity index (χ1n) is 11.7. The van der Waals surface area contributed by atoms with E-state index < -0.39 is 6.04 Å². The van der Waals surface area contributed by atoms with Gasteiger partial charge in [-0.25, -0.2) is 0 Å². The molecule has 2 amide bonds. The van der Waals surface area contributed by atoms with E-state index in [-0.39, 0.29) is 30.4 Å². The van der Waals surface area contributed by atoms with E-state index in [1.54, 1.807) is 18.2 Å². The first kappa shape index (κ1) is 28.0. The minimum atomic E-state index is -0.681. The molecule has 2 aromatic rings. The molecule has 0 aliphatic carbocycles. The Morgan fingerprint density at radius 3 is 2.21 bits per heavy atom. The fourth-order valence-electron chi connectivity index (χ4n) is 3.63. The van der Waals surface area contributed by atoms with Gasteiger partial charge >= 0.3 is 0 Å². The first-order chi connectivity index (χ1) is 16.0. The van der Waals surface area contributed by atoms with Crippen molar-refractivity contribution in [2.24, 2.45) is 5.92 Å². The summed E-state index contributed by atoms with van der Waals surface area (Å²) in [5.41, 5.74) is 1.46. The van der Waals surface area contributed by atoms with E-state index in [1.807, 2.05) is 45.0 Å². The molecule has 0 aliphatic heterocycles. The van der Waals surface area contributed by atoms with E-state index in [9.17, 15) is 9.59 Å². The predicted molar refractivity (Wildman–Crippen MR) is 140 cm³/mol. The number of nitrogens with one attached hydrogen (secondary N) is 1. The smallest absolute Gasteiger partial charge is 0.261 e. The highest BCUT2D eigenvalue weighted by molar-refractivity contribution is 6.36. The van der Waals surface area contributed by atoms with Gasteiger partial charge in [0.1, 0.15) is 11.8 Å². The Hall–Kier alpha value is -2.24. The average Bonchev–Trinajstić information content (AvgIpc) is 2.77. The second kappa shape index (κ2) is 12.5. The number of para-hydroxylation sites is 1. The van der Waals surface area contributed by atoms with Crippen LogP contribution in [0.5, 0.6) is 5.75 Å². The van der Waals surface area contributed by atoms with Gasteiger partial charge in [0.05, 0.1) is 0 Å². The minimum absolute atomic E-state index is 0.106. The van der Waals surface area contributed by atoms with Crippen LogP contribution in [0.25, 0.3) is 0 Å². The number of hydrogen-bond acceptors (Lipinski definition) is 3. The monoisotopic (exact) mass is 506 g/mol. The third-order valence-electron chi connectivity index (χ3n) is 5.51. The van der Waals surface area contributed by atoms with Crippen LogP contribution in [-0.2, 0) is 21.5 Å². The molecule has 0 radical (unpaired) electrons. The van der Waals surface area contributed by atoms with E-state index in [0.29, 0.717) is 40.2 Å². The molecule has 0 heterocycles. The summed E-state index contributed by atoms with van der Waals surface area (Å²) >= 11 is 12.8. The molecule has 0 bridgehead atoms. The van der Waals surface area contributed by atoms with Crippen LogP contribution in [0, 0.1) is 5.92 Å². The molecule has 0 saturated carbocycles. The predicted octanol–water partition coefficient (Wildman–Crippen LogP) is 6.25. The molecule has 2 rings (SSSR count). The third kappa shape index (κ3) is 7.64. The number of benzene rings is 2. The van der Waals surface area contributed by atoms with Crippen molar-refractivity contribution in [1.82, 2.24) is 10.2 Å². The highest BCUT2D eigenvalue weighted by Gasteiger charge is 2.30. The van der Waals surface area contributed by atoms with Gasteiger partial charge in [-0.05, 0) is 41.5 Å². The summed E-state index contributed by atoms with van der Waals surface area (Å²) in [6.07, 6.45) is 0.441. The zero-order valence-corrected chi connectivity index (χ0v) is 22.5. The number of nitrogens with zero attached hydrogens (tertiary/aromatic N) is 1. The summed E-state index contributed by atoms with van der Waals surface area (Å²) in [6.45, 7) is 12.6. The average molecular weight is 508 g/mol. The van der Waals surface area contributed by atoms with Crippen molar-refractivity contribution in [3.05, 3.63) is 63.6 Å². The van der Waals surface area contributed by atoms with Gasteiger partial charge in [0.15, 0.2) is 6.61 Å². The fourth-order valence-corrected chi connectivity index (χ4v) is 4.15. The molecule has 0 aliphatic rings. The van der Waals surface area contributed by atoms with Crippen molar-refractivity contribution in [3.63, 3.8) is 0 Å². The molecule has 7 heteroatoms. The number of carbonyl (C=O) groups is 2. The van der Waals surface area contributed by atoms with Crippen LogP contribution in [-0.4, -0.2) is 35.9 Å². The zero-order valence-electron chi connectivity index (χ0n) is 21.0. The van der Waals surface area contributed by atoms with Crippen LogP contribution in [0.4, 0.5) is 0 Å². The molecule has 0 aromatic heterocycles. The van der Waals surface area contributed by atoms with E-state index in [4.69, 9.17) is 27.9 Å². The summed E-state index contributed by atoms with van der Waals surface area (Å²) in [7, 11) is 0. The van der Waals surface area contributed by atoms with Gasteiger partial charge in [-0.3, -0.25) is 9.59 Å². The van der Waals surface area contributed by atoms with Gasteiger partial charge in [-0.2, -0.15) is 0 Å². The van der Waals surface area contributed by atoms with Gasteiger partial charge in [0.2, 0.25) is 5.91 Å². The van der Waals surface area contributed by atoms with Crippen LogP contribution < -0.4 is 10.1 Å². The van der Waals surface area contributed by atoms with Crippen molar-refractivity contribution >= 4 is 35.0 Å². The molecular weight excluding hydrogens is 471 g/mol. The van der Waals surface area contributed by atoms with Crippen LogP contribution in [0.2, 0.25) is 10.0 Å². The quantitative estimate of drug-likeness (QED) is 0.414. The van der Waals surface area contributed by atoms with Crippen molar-refractivity contribution < 1.29 is 14.3 Å². The largest absolute Gasteiger partial charge is 0.483 e. The number of ether oxygens (including phenoxy) is 1. The van der Waals surface area contributed by atoms with Crippen molar-refractivity contribution in [2.45, 2.75) is 66.0 Å².